The quantitative estimate of drug-likeness (QED) is 0.452. The molecule has 5 heteroatoms. The molecule has 76 valence electrons. The van der Waals surface area contributed by atoms with Crippen LogP contribution in [0.1, 0.15) is 17.3 Å². The van der Waals surface area contributed by atoms with Crippen LogP contribution >= 0.6 is 38.5 Å². The van der Waals surface area contributed by atoms with Gasteiger partial charge in [-0.2, -0.15) is 0 Å². The highest BCUT2D eigenvalue weighted by Gasteiger charge is 2.14. The normalized spacial score (nSPS) is 10.0. The molecule has 1 aromatic carbocycles. The minimum atomic E-state index is -0.517. The molecular formula is C9H7BrFIO2. The minimum absolute atomic E-state index is 0.219. The van der Waals surface area contributed by atoms with Gasteiger partial charge in [0.05, 0.1) is 12.2 Å². The molecule has 0 heterocycles. The van der Waals surface area contributed by atoms with Gasteiger partial charge in [0.25, 0.3) is 0 Å². The third-order valence-corrected chi connectivity index (χ3v) is 3.93. The predicted molar refractivity (Wildman–Crippen MR) is 62.8 cm³/mol. The third kappa shape index (κ3) is 2.66. The lowest BCUT2D eigenvalue weighted by Crippen LogP contribution is -2.06. The summed E-state index contributed by atoms with van der Waals surface area (Å²) in [5.74, 6) is -0.961. The SMILES string of the molecule is CCOC(=O)c1cc(F)cc(I)c1Br. The Morgan fingerprint density at radius 3 is 2.86 bits per heavy atom. The van der Waals surface area contributed by atoms with Gasteiger partial charge < -0.3 is 4.74 Å². The highest BCUT2D eigenvalue weighted by atomic mass is 127. The van der Waals surface area contributed by atoms with Crippen LogP contribution in [0.25, 0.3) is 0 Å². The van der Waals surface area contributed by atoms with Crippen molar-refractivity contribution in [3.63, 3.8) is 0 Å². The molecule has 0 aromatic heterocycles. The van der Waals surface area contributed by atoms with E-state index in [4.69, 9.17) is 4.74 Å². The standard InChI is InChI=1S/C9H7BrFIO2/c1-2-14-9(13)6-3-5(11)4-7(12)8(6)10/h3-4H,2H2,1H3. The van der Waals surface area contributed by atoms with E-state index in [0.29, 0.717) is 8.04 Å². The minimum Gasteiger partial charge on any atom is -0.462 e. The Morgan fingerprint density at radius 2 is 2.29 bits per heavy atom. The van der Waals surface area contributed by atoms with Gasteiger partial charge in [-0.3, -0.25) is 0 Å². The van der Waals surface area contributed by atoms with Gasteiger partial charge in [0.2, 0.25) is 0 Å². The van der Waals surface area contributed by atoms with E-state index in [2.05, 4.69) is 15.9 Å². The molecule has 0 amide bonds. The molecule has 0 N–H and O–H groups in total. The van der Waals surface area contributed by atoms with E-state index in [9.17, 15) is 9.18 Å². The van der Waals surface area contributed by atoms with Gasteiger partial charge in [-0.05, 0) is 57.6 Å². The number of esters is 1. The van der Waals surface area contributed by atoms with Crippen LogP contribution in [0.3, 0.4) is 0 Å². The average molecular weight is 373 g/mol. The number of carbonyl (C=O) groups is 1. The molecule has 0 bridgehead atoms. The van der Waals surface area contributed by atoms with Crippen molar-refractivity contribution in [3.05, 3.63) is 31.6 Å². The molecule has 0 radical (unpaired) electrons. The molecule has 0 saturated carbocycles. The number of rotatable bonds is 2. The summed E-state index contributed by atoms with van der Waals surface area (Å²) in [4.78, 5) is 11.3. The molecule has 14 heavy (non-hydrogen) atoms. The third-order valence-electron chi connectivity index (χ3n) is 1.49. The van der Waals surface area contributed by atoms with Crippen LogP contribution in [0.4, 0.5) is 4.39 Å². The Morgan fingerprint density at radius 1 is 1.64 bits per heavy atom. The number of carbonyl (C=O) groups excluding carboxylic acids is 1. The zero-order chi connectivity index (χ0) is 10.7. The molecule has 1 rings (SSSR count). The Kier molecular flexibility index (Phi) is 4.31. The van der Waals surface area contributed by atoms with Crippen molar-refractivity contribution in [1.82, 2.24) is 0 Å². The van der Waals surface area contributed by atoms with Gasteiger partial charge >= 0.3 is 5.97 Å². The fraction of sp³-hybridized carbons (Fsp3) is 0.222. The summed E-state index contributed by atoms with van der Waals surface area (Å²) in [7, 11) is 0. The zero-order valence-corrected chi connectivity index (χ0v) is 11.1. The first-order valence-electron chi connectivity index (χ1n) is 3.88. The van der Waals surface area contributed by atoms with Crippen molar-refractivity contribution in [1.29, 1.82) is 0 Å². The first kappa shape index (κ1) is 11.9. The summed E-state index contributed by atoms with van der Waals surface area (Å²) < 4.78 is 19.0. The molecule has 0 atom stereocenters. The summed E-state index contributed by atoms with van der Waals surface area (Å²) >= 11 is 5.15. The van der Waals surface area contributed by atoms with Crippen molar-refractivity contribution >= 4 is 44.5 Å². The Labute approximate surface area is 103 Å². The van der Waals surface area contributed by atoms with E-state index in [1.165, 1.54) is 6.07 Å². The van der Waals surface area contributed by atoms with Crippen LogP contribution in [0.5, 0.6) is 0 Å². The molecule has 0 saturated heterocycles. The molecular weight excluding hydrogens is 366 g/mol. The van der Waals surface area contributed by atoms with Crippen molar-refractivity contribution < 1.29 is 13.9 Å². The maximum atomic E-state index is 13.0. The molecule has 0 fully saturated rings. The van der Waals surface area contributed by atoms with Crippen LogP contribution < -0.4 is 0 Å². The van der Waals surface area contributed by atoms with Gasteiger partial charge in [-0.1, -0.05) is 0 Å². The van der Waals surface area contributed by atoms with E-state index < -0.39 is 11.8 Å². The lowest BCUT2D eigenvalue weighted by Gasteiger charge is -2.05. The van der Waals surface area contributed by atoms with Gasteiger partial charge in [0.15, 0.2) is 0 Å². The number of ether oxygens (including phenoxy) is 1. The largest absolute Gasteiger partial charge is 0.462 e. The van der Waals surface area contributed by atoms with Crippen molar-refractivity contribution in [2.45, 2.75) is 6.92 Å². The number of halogens is 3. The fourth-order valence-corrected chi connectivity index (χ4v) is 1.89. The summed E-state index contributed by atoms with van der Waals surface area (Å²) in [5.41, 5.74) is 0.219. The van der Waals surface area contributed by atoms with E-state index in [1.807, 2.05) is 22.6 Å². The Hall–Kier alpha value is -0.170. The van der Waals surface area contributed by atoms with Gasteiger partial charge in [0, 0.05) is 8.04 Å². The van der Waals surface area contributed by atoms with Crippen LogP contribution in [0, 0.1) is 9.39 Å². The maximum Gasteiger partial charge on any atom is 0.339 e. The maximum absolute atomic E-state index is 13.0. The van der Waals surface area contributed by atoms with Crippen molar-refractivity contribution in [2.24, 2.45) is 0 Å². The second kappa shape index (κ2) is 5.06. The van der Waals surface area contributed by atoms with E-state index in [-0.39, 0.29) is 12.2 Å². The number of benzene rings is 1. The summed E-state index contributed by atoms with van der Waals surface area (Å²) in [6.07, 6.45) is 0. The van der Waals surface area contributed by atoms with Crippen molar-refractivity contribution in [2.75, 3.05) is 6.61 Å². The molecule has 0 unspecified atom stereocenters. The van der Waals surface area contributed by atoms with Crippen LogP contribution in [-0.4, -0.2) is 12.6 Å². The molecule has 1 aromatic rings. The average Bonchev–Trinajstić information content (AvgIpc) is 2.11. The predicted octanol–water partition coefficient (Wildman–Crippen LogP) is 3.37. The fourth-order valence-electron chi connectivity index (χ4n) is 0.913. The summed E-state index contributed by atoms with van der Waals surface area (Å²) in [5, 5.41) is 0. The van der Waals surface area contributed by atoms with Crippen LogP contribution in [-0.2, 0) is 4.74 Å². The van der Waals surface area contributed by atoms with Crippen molar-refractivity contribution in [3.8, 4) is 0 Å². The Balaban J connectivity index is 3.13. The zero-order valence-electron chi connectivity index (χ0n) is 7.31. The highest BCUT2D eigenvalue weighted by Crippen LogP contribution is 2.25. The van der Waals surface area contributed by atoms with Crippen LogP contribution in [0.2, 0.25) is 0 Å². The molecule has 0 aliphatic heterocycles. The second-order valence-electron chi connectivity index (χ2n) is 2.47. The van der Waals surface area contributed by atoms with Gasteiger partial charge in [-0.15, -0.1) is 0 Å². The topological polar surface area (TPSA) is 26.3 Å². The number of hydrogen-bond acceptors (Lipinski definition) is 2. The van der Waals surface area contributed by atoms with Gasteiger partial charge in [-0.25, -0.2) is 9.18 Å². The van der Waals surface area contributed by atoms with E-state index in [0.717, 1.165) is 6.07 Å². The Bertz CT molecular complexity index is 368. The highest BCUT2D eigenvalue weighted by molar-refractivity contribution is 14.1. The molecule has 0 aliphatic rings. The van der Waals surface area contributed by atoms with Crippen LogP contribution in [0.15, 0.2) is 16.6 Å². The second-order valence-corrected chi connectivity index (χ2v) is 4.42. The molecule has 2 nitrogen and oxygen atoms in total. The molecule has 0 aliphatic carbocycles. The summed E-state index contributed by atoms with van der Waals surface area (Å²) in [6, 6.07) is 2.50. The first-order valence-corrected chi connectivity index (χ1v) is 5.75. The lowest BCUT2D eigenvalue weighted by molar-refractivity contribution is 0.0524. The lowest BCUT2D eigenvalue weighted by atomic mass is 10.2. The smallest absolute Gasteiger partial charge is 0.339 e. The van der Waals surface area contributed by atoms with Gasteiger partial charge in [0.1, 0.15) is 5.82 Å². The summed E-state index contributed by atoms with van der Waals surface area (Å²) in [6.45, 7) is 1.98. The molecule has 0 spiro atoms. The number of hydrogen-bond donors (Lipinski definition) is 0. The monoisotopic (exact) mass is 372 g/mol. The first-order chi connectivity index (χ1) is 6.56. The van der Waals surface area contributed by atoms with E-state index >= 15 is 0 Å². The van der Waals surface area contributed by atoms with E-state index in [1.54, 1.807) is 6.92 Å².